The first-order valence-corrected chi connectivity index (χ1v) is 11.7. The molecule has 34 heavy (non-hydrogen) atoms. The molecule has 1 aromatic heterocycles. The molecular weight excluding hydrogens is 418 g/mol. The average molecular weight is 450 g/mol. The molecule has 4 heteroatoms. The van der Waals surface area contributed by atoms with Crippen molar-refractivity contribution in [3.8, 4) is 11.1 Å². The van der Waals surface area contributed by atoms with E-state index in [1.807, 2.05) is 72.9 Å². The molecule has 0 aliphatic rings. The molecule has 1 heterocycles. The number of rotatable bonds is 7. The first kappa shape index (κ1) is 23.2. The van der Waals surface area contributed by atoms with Crippen molar-refractivity contribution in [2.45, 2.75) is 32.6 Å². The van der Waals surface area contributed by atoms with Crippen molar-refractivity contribution in [2.24, 2.45) is 0 Å². The summed E-state index contributed by atoms with van der Waals surface area (Å²) >= 11 is 0. The molecule has 2 N–H and O–H groups in total. The van der Waals surface area contributed by atoms with Gasteiger partial charge >= 0.3 is 0 Å². The standard InChI is InChI=1S/C30H31N3O/c1-30(2,3)23-13-11-22(12-14-23)27-9-4-5-10-28(27)29(34)33-26-17-15-25(16-18-26)32-21-19-24-8-6-7-20-31-24/h4-18,20,32H,19,21H2,1-3H3,(H,33,34). The number of pyridine rings is 1. The lowest BCUT2D eigenvalue weighted by Crippen LogP contribution is -2.13. The van der Waals surface area contributed by atoms with E-state index >= 15 is 0 Å². The largest absolute Gasteiger partial charge is 0.385 e. The van der Waals surface area contributed by atoms with Gasteiger partial charge in [0.15, 0.2) is 0 Å². The van der Waals surface area contributed by atoms with Crippen LogP contribution < -0.4 is 10.6 Å². The number of aromatic nitrogens is 1. The fourth-order valence-electron chi connectivity index (χ4n) is 3.83. The van der Waals surface area contributed by atoms with Gasteiger partial charge in [-0.25, -0.2) is 0 Å². The Labute approximate surface area is 202 Å². The van der Waals surface area contributed by atoms with Gasteiger partial charge in [-0.2, -0.15) is 0 Å². The van der Waals surface area contributed by atoms with E-state index in [9.17, 15) is 4.79 Å². The van der Waals surface area contributed by atoms with Crippen LogP contribution in [0.15, 0.2) is 97.2 Å². The van der Waals surface area contributed by atoms with Crippen LogP contribution in [0.2, 0.25) is 0 Å². The first-order chi connectivity index (χ1) is 16.4. The van der Waals surface area contributed by atoms with E-state index in [1.54, 1.807) is 0 Å². The first-order valence-electron chi connectivity index (χ1n) is 11.7. The average Bonchev–Trinajstić information content (AvgIpc) is 2.85. The molecule has 0 spiro atoms. The van der Waals surface area contributed by atoms with E-state index in [2.05, 4.69) is 60.7 Å². The molecule has 1 amide bonds. The molecule has 0 unspecified atom stereocenters. The summed E-state index contributed by atoms with van der Waals surface area (Å²) < 4.78 is 0. The number of nitrogens with one attached hydrogen (secondary N) is 2. The fourth-order valence-corrected chi connectivity index (χ4v) is 3.83. The monoisotopic (exact) mass is 449 g/mol. The van der Waals surface area contributed by atoms with Gasteiger partial charge in [-0.1, -0.05) is 69.3 Å². The summed E-state index contributed by atoms with van der Waals surface area (Å²) in [6, 6.07) is 29.9. The zero-order valence-corrected chi connectivity index (χ0v) is 20.0. The van der Waals surface area contributed by atoms with Gasteiger partial charge in [0.1, 0.15) is 0 Å². The molecule has 0 aliphatic heterocycles. The van der Waals surface area contributed by atoms with E-state index in [0.29, 0.717) is 5.56 Å². The molecule has 0 bridgehead atoms. The van der Waals surface area contributed by atoms with Gasteiger partial charge in [0.25, 0.3) is 5.91 Å². The summed E-state index contributed by atoms with van der Waals surface area (Å²) in [4.78, 5) is 17.5. The van der Waals surface area contributed by atoms with Gasteiger partial charge in [-0.15, -0.1) is 0 Å². The smallest absolute Gasteiger partial charge is 0.256 e. The second-order valence-electron chi connectivity index (χ2n) is 9.40. The molecule has 172 valence electrons. The molecule has 0 fully saturated rings. The summed E-state index contributed by atoms with van der Waals surface area (Å²) in [6.07, 6.45) is 2.67. The number of anilines is 2. The molecule has 0 saturated carbocycles. The summed E-state index contributed by atoms with van der Waals surface area (Å²) in [5.74, 6) is -0.119. The Bertz CT molecular complexity index is 1220. The predicted molar refractivity (Wildman–Crippen MR) is 141 cm³/mol. The minimum absolute atomic E-state index is 0.0921. The van der Waals surface area contributed by atoms with Gasteiger partial charge in [0.05, 0.1) is 0 Å². The van der Waals surface area contributed by atoms with E-state index in [4.69, 9.17) is 0 Å². The quantitative estimate of drug-likeness (QED) is 0.321. The van der Waals surface area contributed by atoms with Crippen molar-refractivity contribution in [3.05, 3.63) is 114 Å². The highest BCUT2D eigenvalue weighted by atomic mass is 16.1. The van der Waals surface area contributed by atoms with Crippen LogP contribution in [0.4, 0.5) is 11.4 Å². The van der Waals surface area contributed by atoms with Crippen LogP contribution in [-0.2, 0) is 11.8 Å². The van der Waals surface area contributed by atoms with Crippen molar-refractivity contribution < 1.29 is 4.79 Å². The number of hydrogen-bond donors (Lipinski definition) is 2. The number of benzene rings is 3. The molecule has 4 nitrogen and oxygen atoms in total. The zero-order valence-electron chi connectivity index (χ0n) is 20.0. The highest BCUT2D eigenvalue weighted by Crippen LogP contribution is 2.28. The Balaban J connectivity index is 1.41. The molecule has 0 saturated heterocycles. The zero-order chi connectivity index (χ0) is 24.0. The molecule has 0 radical (unpaired) electrons. The Hall–Kier alpha value is -3.92. The van der Waals surface area contributed by atoms with Crippen molar-refractivity contribution >= 4 is 17.3 Å². The third kappa shape index (κ3) is 5.90. The van der Waals surface area contributed by atoms with Crippen LogP contribution in [0.3, 0.4) is 0 Å². The molecule has 0 aliphatic carbocycles. The van der Waals surface area contributed by atoms with Gasteiger partial charge < -0.3 is 10.6 Å². The maximum atomic E-state index is 13.1. The van der Waals surface area contributed by atoms with E-state index in [1.165, 1.54) is 5.56 Å². The number of carbonyl (C=O) groups excluding carboxylic acids is 1. The Morgan fingerprint density at radius 1 is 0.794 bits per heavy atom. The van der Waals surface area contributed by atoms with E-state index < -0.39 is 0 Å². The second kappa shape index (κ2) is 10.3. The number of carbonyl (C=O) groups is 1. The molecule has 0 atom stereocenters. The van der Waals surface area contributed by atoms with E-state index in [0.717, 1.165) is 41.2 Å². The third-order valence-corrected chi connectivity index (χ3v) is 5.81. The van der Waals surface area contributed by atoms with Crippen LogP contribution in [0, 0.1) is 0 Å². The molecule has 4 rings (SSSR count). The summed E-state index contributed by atoms with van der Waals surface area (Å²) in [6.45, 7) is 7.39. The van der Waals surface area contributed by atoms with Crippen molar-refractivity contribution in [1.29, 1.82) is 0 Å². The van der Waals surface area contributed by atoms with Crippen LogP contribution >= 0.6 is 0 Å². The van der Waals surface area contributed by atoms with Gasteiger partial charge in [0.2, 0.25) is 0 Å². The van der Waals surface area contributed by atoms with E-state index in [-0.39, 0.29) is 11.3 Å². The number of amides is 1. The maximum Gasteiger partial charge on any atom is 0.256 e. The van der Waals surface area contributed by atoms with Crippen molar-refractivity contribution in [2.75, 3.05) is 17.2 Å². The Morgan fingerprint density at radius 2 is 1.47 bits per heavy atom. The van der Waals surface area contributed by atoms with Crippen LogP contribution in [0.1, 0.15) is 42.4 Å². The van der Waals surface area contributed by atoms with Crippen LogP contribution in [-0.4, -0.2) is 17.4 Å². The van der Waals surface area contributed by atoms with Crippen LogP contribution in [0.5, 0.6) is 0 Å². The predicted octanol–water partition coefficient (Wildman–Crippen LogP) is 6.95. The number of nitrogens with zero attached hydrogens (tertiary/aromatic N) is 1. The van der Waals surface area contributed by atoms with Gasteiger partial charge in [0, 0.05) is 41.8 Å². The lowest BCUT2D eigenvalue weighted by atomic mass is 9.86. The molecule has 4 aromatic rings. The second-order valence-corrected chi connectivity index (χ2v) is 9.40. The normalized spacial score (nSPS) is 11.1. The topological polar surface area (TPSA) is 54.0 Å². The van der Waals surface area contributed by atoms with Crippen molar-refractivity contribution in [1.82, 2.24) is 4.98 Å². The fraction of sp³-hybridized carbons (Fsp3) is 0.200. The maximum absolute atomic E-state index is 13.1. The minimum atomic E-state index is -0.119. The minimum Gasteiger partial charge on any atom is -0.385 e. The SMILES string of the molecule is CC(C)(C)c1ccc(-c2ccccc2C(=O)Nc2ccc(NCCc3ccccn3)cc2)cc1. The lowest BCUT2D eigenvalue weighted by Gasteiger charge is -2.19. The lowest BCUT2D eigenvalue weighted by molar-refractivity contribution is 0.102. The summed E-state index contributed by atoms with van der Waals surface area (Å²) in [5, 5.41) is 6.43. The Kier molecular flexibility index (Phi) is 7.07. The highest BCUT2D eigenvalue weighted by molar-refractivity contribution is 6.08. The molecule has 3 aromatic carbocycles. The third-order valence-electron chi connectivity index (χ3n) is 5.81. The summed E-state index contributed by atoms with van der Waals surface area (Å²) in [5.41, 5.74) is 6.81. The van der Waals surface area contributed by atoms with Gasteiger partial charge in [-0.3, -0.25) is 9.78 Å². The molecular formula is C30H31N3O. The van der Waals surface area contributed by atoms with Crippen molar-refractivity contribution in [3.63, 3.8) is 0 Å². The highest BCUT2D eigenvalue weighted by Gasteiger charge is 2.16. The number of hydrogen-bond acceptors (Lipinski definition) is 3. The van der Waals surface area contributed by atoms with Gasteiger partial charge in [-0.05, 0) is 64.6 Å². The Morgan fingerprint density at radius 3 is 2.15 bits per heavy atom. The van der Waals surface area contributed by atoms with Crippen LogP contribution in [0.25, 0.3) is 11.1 Å². The summed E-state index contributed by atoms with van der Waals surface area (Å²) in [7, 11) is 0.